The molecule has 0 heterocycles. The molecule has 0 saturated heterocycles. The summed E-state index contributed by atoms with van der Waals surface area (Å²) in [4.78, 5) is 28.6. The zero-order valence-electron chi connectivity index (χ0n) is 23.5. The molecule has 1 atom stereocenters. The minimum atomic E-state index is -4.30. The van der Waals surface area contributed by atoms with Crippen LogP contribution >= 0.6 is 23.2 Å². The fourth-order valence-corrected chi connectivity index (χ4v) is 6.91. The van der Waals surface area contributed by atoms with Gasteiger partial charge in [-0.1, -0.05) is 66.2 Å². The van der Waals surface area contributed by atoms with Crippen LogP contribution in [-0.2, 0) is 26.2 Å². The number of amides is 2. The topological polar surface area (TPSA) is 86.8 Å². The van der Waals surface area contributed by atoms with Crippen LogP contribution in [0.5, 0.6) is 0 Å². The maximum atomic E-state index is 14.1. The van der Waals surface area contributed by atoms with Crippen molar-refractivity contribution in [1.82, 2.24) is 10.2 Å². The van der Waals surface area contributed by atoms with Gasteiger partial charge in [0.15, 0.2) is 0 Å². The lowest BCUT2D eigenvalue weighted by molar-refractivity contribution is -0.139. The van der Waals surface area contributed by atoms with E-state index in [2.05, 4.69) is 5.32 Å². The molecule has 3 aromatic carbocycles. The molecule has 7 nitrogen and oxygen atoms in total. The molecule has 0 radical (unpaired) electrons. The highest BCUT2D eigenvalue weighted by Crippen LogP contribution is 2.29. The number of carbonyl (C=O) groups is 2. The third-order valence-corrected chi connectivity index (χ3v) is 10.0. The second kappa shape index (κ2) is 13.9. The average Bonchev–Trinajstić information content (AvgIpc) is 2.96. The average molecular weight is 635 g/mol. The first-order valence-electron chi connectivity index (χ1n) is 13.8. The fourth-order valence-electron chi connectivity index (χ4n) is 4.98. The number of rotatable bonds is 10. The Kier molecular flexibility index (Phi) is 10.5. The highest BCUT2D eigenvalue weighted by molar-refractivity contribution is 7.92. The van der Waals surface area contributed by atoms with Gasteiger partial charge in [-0.2, -0.15) is 0 Å². The van der Waals surface area contributed by atoms with Crippen LogP contribution in [-0.4, -0.2) is 43.8 Å². The molecule has 1 aliphatic carbocycles. The van der Waals surface area contributed by atoms with Gasteiger partial charge in [0.2, 0.25) is 11.8 Å². The minimum Gasteiger partial charge on any atom is -0.352 e. The number of carbonyl (C=O) groups excluding carboxylic acids is 2. The van der Waals surface area contributed by atoms with Crippen LogP contribution in [0.25, 0.3) is 0 Å². The van der Waals surface area contributed by atoms with Gasteiger partial charge in [-0.3, -0.25) is 13.9 Å². The van der Waals surface area contributed by atoms with Crippen molar-refractivity contribution >= 4 is 50.7 Å². The van der Waals surface area contributed by atoms with Gasteiger partial charge in [-0.15, -0.1) is 0 Å². The number of benzene rings is 3. The second-order valence-corrected chi connectivity index (χ2v) is 13.2. The quantitative estimate of drug-likeness (QED) is 0.276. The van der Waals surface area contributed by atoms with E-state index in [0.717, 1.165) is 66.2 Å². The van der Waals surface area contributed by atoms with Gasteiger partial charge < -0.3 is 10.2 Å². The number of halogens is 3. The Morgan fingerprint density at radius 3 is 2.14 bits per heavy atom. The van der Waals surface area contributed by atoms with E-state index < -0.39 is 34.3 Å². The summed E-state index contributed by atoms with van der Waals surface area (Å²) >= 11 is 12.9. The monoisotopic (exact) mass is 633 g/mol. The summed E-state index contributed by atoms with van der Waals surface area (Å²) in [5.74, 6) is -1.57. The number of anilines is 1. The predicted molar refractivity (Wildman–Crippen MR) is 164 cm³/mol. The van der Waals surface area contributed by atoms with E-state index >= 15 is 0 Å². The first kappa shape index (κ1) is 31.8. The molecule has 1 fully saturated rings. The standard InChI is InChI=1S/C31H34Cl2FN3O4S/c1-21-11-15-25(16-12-21)37(42(40,41)26-17-13-23(34)14-18-26)20-30(38)36(19-27-28(32)9-6-10-29(27)33)22(2)31(39)35-24-7-4-3-5-8-24/h6,9-18,22,24H,3-5,7-8,19-20H2,1-2H3,(H,35,39). The van der Waals surface area contributed by atoms with Crippen LogP contribution in [0.4, 0.5) is 10.1 Å². The maximum absolute atomic E-state index is 14.1. The zero-order valence-corrected chi connectivity index (χ0v) is 25.9. The van der Waals surface area contributed by atoms with Crippen LogP contribution in [0.2, 0.25) is 10.0 Å². The molecule has 3 aromatic rings. The van der Waals surface area contributed by atoms with Crippen molar-refractivity contribution in [2.45, 2.75) is 69.5 Å². The molecule has 0 spiro atoms. The summed E-state index contributed by atoms with van der Waals surface area (Å²) in [6, 6.07) is 15.0. The third kappa shape index (κ3) is 7.62. The van der Waals surface area contributed by atoms with Gasteiger partial charge in [-0.25, -0.2) is 12.8 Å². The molecule has 1 N–H and O–H groups in total. The van der Waals surface area contributed by atoms with Crippen molar-refractivity contribution in [3.63, 3.8) is 0 Å². The van der Waals surface area contributed by atoms with Gasteiger partial charge in [0.1, 0.15) is 18.4 Å². The van der Waals surface area contributed by atoms with E-state index in [1.54, 1.807) is 49.4 Å². The molecule has 224 valence electrons. The number of sulfonamides is 1. The lowest BCUT2D eigenvalue weighted by Crippen LogP contribution is -2.53. The van der Waals surface area contributed by atoms with Crippen molar-refractivity contribution in [3.8, 4) is 0 Å². The van der Waals surface area contributed by atoms with E-state index in [1.165, 1.54) is 4.90 Å². The number of aryl methyl sites for hydroxylation is 1. The Morgan fingerprint density at radius 1 is 0.952 bits per heavy atom. The number of nitrogens with one attached hydrogen (secondary N) is 1. The second-order valence-electron chi connectivity index (χ2n) is 10.5. The van der Waals surface area contributed by atoms with Crippen LogP contribution < -0.4 is 9.62 Å². The molecule has 4 rings (SSSR count). The largest absolute Gasteiger partial charge is 0.352 e. The molecule has 1 aliphatic rings. The zero-order chi connectivity index (χ0) is 30.4. The van der Waals surface area contributed by atoms with E-state index in [9.17, 15) is 22.4 Å². The molecule has 42 heavy (non-hydrogen) atoms. The normalized spacial score (nSPS) is 14.7. The summed E-state index contributed by atoms with van der Waals surface area (Å²) in [5, 5.41) is 3.68. The van der Waals surface area contributed by atoms with Crippen LogP contribution in [0, 0.1) is 12.7 Å². The number of nitrogens with zero attached hydrogens (tertiary/aromatic N) is 2. The molecule has 1 saturated carbocycles. The summed E-state index contributed by atoms with van der Waals surface area (Å²) in [7, 11) is -4.30. The van der Waals surface area contributed by atoms with Gasteiger partial charge in [-0.05, 0) is 75.2 Å². The van der Waals surface area contributed by atoms with Crippen molar-refractivity contribution < 1.29 is 22.4 Å². The first-order chi connectivity index (χ1) is 20.0. The summed E-state index contributed by atoms with van der Waals surface area (Å²) in [5.41, 5.74) is 1.58. The van der Waals surface area contributed by atoms with E-state index in [4.69, 9.17) is 23.2 Å². The summed E-state index contributed by atoms with van der Waals surface area (Å²) < 4.78 is 42.3. The number of hydrogen-bond acceptors (Lipinski definition) is 4. The third-order valence-electron chi connectivity index (χ3n) is 7.51. The van der Waals surface area contributed by atoms with Crippen molar-refractivity contribution in [2.75, 3.05) is 10.8 Å². The SMILES string of the molecule is Cc1ccc(N(CC(=O)N(Cc2c(Cl)cccc2Cl)C(C)C(=O)NC2CCCCC2)S(=O)(=O)c2ccc(F)cc2)cc1. The van der Waals surface area contributed by atoms with Gasteiger partial charge in [0.05, 0.1) is 10.6 Å². The highest BCUT2D eigenvalue weighted by Gasteiger charge is 2.34. The molecule has 0 aliphatic heterocycles. The van der Waals surface area contributed by atoms with E-state index in [0.29, 0.717) is 15.6 Å². The minimum absolute atomic E-state index is 0.0115. The van der Waals surface area contributed by atoms with Crippen molar-refractivity contribution in [2.24, 2.45) is 0 Å². The Hall–Kier alpha value is -3.14. The Balaban J connectivity index is 1.70. The summed E-state index contributed by atoms with van der Waals surface area (Å²) in [6.07, 6.45) is 4.88. The van der Waals surface area contributed by atoms with Crippen molar-refractivity contribution in [1.29, 1.82) is 0 Å². The summed E-state index contributed by atoms with van der Waals surface area (Å²) in [6.45, 7) is 2.72. The molecule has 2 amide bonds. The Morgan fingerprint density at radius 2 is 1.55 bits per heavy atom. The molecular weight excluding hydrogens is 600 g/mol. The Bertz CT molecular complexity index is 1490. The highest BCUT2D eigenvalue weighted by atomic mass is 35.5. The van der Waals surface area contributed by atoms with Crippen LogP contribution in [0.1, 0.15) is 50.2 Å². The predicted octanol–water partition coefficient (Wildman–Crippen LogP) is 6.50. The fraction of sp³-hybridized carbons (Fsp3) is 0.355. The first-order valence-corrected chi connectivity index (χ1v) is 16.0. The van der Waals surface area contributed by atoms with Gasteiger partial charge >= 0.3 is 0 Å². The molecular formula is C31H34Cl2FN3O4S. The lowest BCUT2D eigenvalue weighted by Gasteiger charge is -2.33. The number of hydrogen-bond donors (Lipinski definition) is 1. The molecule has 1 unspecified atom stereocenters. The van der Waals surface area contributed by atoms with E-state index in [1.807, 2.05) is 6.92 Å². The van der Waals surface area contributed by atoms with Crippen LogP contribution in [0.3, 0.4) is 0 Å². The Labute approximate surface area is 256 Å². The van der Waals surface area contributed by atoms with E-state index in [-0.39, 0.29) is 29.1 Å². The molecule has 0 aromatic heterocycles. The smallest absolute Gasteiger partial charge is 0.264 e. The van der Waals surface area contributed by atoms with Crippen LogP contribution in [0.15, 0.2) is 71.6 Å². The van der Waals surface area contributed by atoms with Gasteiger partial charge in [0.25, 0.3) is 10.0 Å². The molecule has 11 heteroatoms. The van der Waals surface area contributed by atoms with Gasteiger partial charge in [0, 0.05) is 28.2 Å². The lowest BCUT2D eigenvalue weighted by atomic mass is 9.95. The molecule has 0 bridgehead atoms. The maximum Gasteiger partial charge on any atom is 0.264 e. The van der Waals surface area contributed by atoms with Crippen molar-refractivity contribution in [3.05, 3.63) is 93.7 Å².